The van der Waals surface area contributed by atoms with Crippen molar-refractivity contribution in [3.63, 3.8) is 0 Å². The van der Waals surface area contributed by atoms with E-state index in [1.54, 1.807) is 7.05 Å². The number of aliphatic imine (C=N–C) groups is 1. The fourth-order valence-electron chi connectivity index (χ4n) is 2.71. The van der Waals surface area contributed by atoms with Gasteiger partial charge in [-0.05, 0) is 30.5 Å². The van der Waals surface area contributed by atoms with Crippen LogP contribution in [0.1, 0.15) is 25.3 Å². The molecule has 0 spiro atoms. The molecule has 1 unspecified atom stereocenters. The van der Waals surface area contributed by atoms with E-state index in [4.69, 9.17) is 9.47 Å². The third-order valence-electron chi connectivity index (χ3n) is 4.07. The molecule has 1 atom stereocenters. The molecule has 1 aliphatic heterocycles. The highest BCUT2D eigenvalue weighted by Gasteiger charge is 2.15. The molecule has 7 nitrogen and oxygen atoms in total. The number of nitrogens with zero attached hydrogens (tertiary/aromatic N) is 1. The number of anilines is 1. The summed E-state index contributed by atoms with van der Waals surface area (Å²) in [6.45, 7) is 6.15. The second-order valence-corrected chi connectivity index (χ2v) is 6.39. The molecule has 1 aliphatic rings. The maximum atomic E-state index is 11.1. The summed E-state index contributed by atoms with van der Waals surface area (Å²) in [5, 5.41) is 9.34. The Morgan fingerprint density at radius 3 is 3.00 bits per heavy atom. The van der Waals surface area contributed by atoms with Crippen LogP contribution in [0, 0.1) is 5.92 Å². The summed E-state index contributed by atoms with van der Waals surface area (Å²) in [7, 11) is 1.75. The van der Waals surface area contributed by atoms with Crippen molar-refractivity contribution < 1.29 is 14.3 Å². The molecule has 0 radical (unpaired) electrons. The summed E-state index contributed by atoms with van der Waals surface area (Å²) < 4.78 is 11.0. The quantitative estimate of drug-likeness (QED) is 0.354. The second kappa shape index (κ2) is 11.5. The average molecular weight is 362 g/mol. The number of carbonyl (C=O) groups is 1. The highest BCUT2D eigenvalue weighted by atomic mass is 16.5. The first-order valence-electron chi connectivity index (χ1n) is 9.14. The predicted molar refractivity (Wildman–Crippen MR) is 103 cm³/mol. The van der Waals surface area contributed by atoms with Gasteiger partial charge in [-0.1, -0.05) is 12.1 Å². The van der Waals surface area contributed by atoms with Gasteiger partial charge < -0.3 is 25.4 Å². The zero-order valence-electron chi connectivity index (χ0n) is 15.7. The number of benzene rings is 1. The number of ether oxygens (including phenoxy) is 2. The highest BCUT2D eigenvalue weighted by Crippen LogP contribution is 2.12. The number of hydrogen-bond acceptors (Lipinski definition) is 4. The highest BCUT2D eigenvalue weighted by molar-refractivity contribution is 5.88. The van der Waals surface area contributed by atoms with Crippen molar-refractivity contribution in [2.24, 2.45) is 10.9 Å². The van der Waals surface area contributed by atoms with E-state index in [0.29, 0.717) is 12.5 Å². The van der Waals surface area contributed by atoms with Crippen molar-refractivity contribution in [1.82, 2.24) is 10.6 Å². The van der Waals surface area contributed by atoms with E-state index >= 15 is 0 Å². The zero-order valence-corrected chi connectivity index (χ0v) is 15.7. The average Bonchev–Trinajstić information content (AvgIpc) is 3.13. The molecule has 0 aromatic heterocycles. The van der Waals surface area contributed by atoms with Crippen molar-refractivity contribution >= 4 is 17.6 Å². The maximum Gasteiger partial charge on any atom is 0.221 e. The van der Waals surface area contributed by atoms with Gasteiger partial charge in [-0.25, -0.2) is 0 Å². The third kappa shape index (κ3) is 7.84. The van der Waals surface area contributed by atoms with Crippen LogP contribution in [0.25, 0.3) is 0 Å². The third-order valence-corrected chi connectivity index (χ3v) is 4.07. The lowest BCUT2D eigenvalue weighted by Crippen LogP contribution is -2.37. The summed E-state index contributed by atoms with van der Waals surface area (Å²) in [6.07, 6.45) is 2.03. The molecule has 1 amide bonds. The lowest BCUT2D eigenvalue weighted by atomic mass is 10.1. The molecule has 0 bridgehead atoms. The Hall–Kier alpha value is -2.12. The smallest absolute Gasteiger partial charge is 0.221 e. The van der Waals surface area contributed by atoms with Crippen molar-refractivity contribution in [1.29, 1.82) is 0 Å². The van der Waals surface area contributed by atoms with Gasteiger partial charge in [0.05, 0.1) is 13.2 Å². The zero-order chi connectivity index (χ0) is 18.6. The maximum absolute atomic E-state index is 11.1. The second-order valence-electron chi connectivity index (χ2n) is 6.39. The van der Waals surface area contributed by atoms with Crippen molar-refractivity contribution in [2.45, 2.75) is 26.3 Å². The van der Waals surface area contributed by atoms with Gasteiger partial charge in [0.15, 0.2) is 5.96 Å². The molecule has 144 valence electrons. The van der Waals surface area contributed by atoms with E-state index in [2.05, 4.69) is 20.9 Å². The standard InChI is InChI=1S/C19H30N4O3/c1-15(24)23-18-6-3-5-16(11-18)12-22-19(20-2)21-8-4-9-25-13-17-7-10-26-14-17/h3,5-6,11,17H,4,7-10,12-14H2,1-2H3,(H,23,24)(H2,20,21,22). The minimum Gasteiger partial charge on any atom is -0.381 e. The first-order chi connectivity index (χ1) is 12.7. The fourth-order valence-corrected chi connectivity index (χ4v) is 2.71. The molecule has 1 fully saturated rings. The monoisotopic (exact) mass is 362 g/mol. The Labute approximate surface area is 155 Å². The van der Waals surface area contributed by atoms with Gasteiger partial charge in [0.1, 0.15) is 0 Å². The van der Waals surface area contributed by atoms with Gasteiger partial charge in [0, 0.05) is 51.9 Å². The minimum absolute atomic E-state index is 0.0738. The van der Waals surface area contributed by atoms with Gasteiger partial charge in [-0.15, -0.1) is 0 Å². The normalized spacial score (nSPS) is 17.2. The van der Waals surface area contributed by atoms with Crippen LogP contribution in [0.3, 0.4) is 0 Å². The summed E-state index contributed by atoms with van der Waals surface area (Å²) in [4.78, 5) is 15.4. The Morgan fingerprint density at radius 2 is 2.27 bits per heavy atom. The van der Waals surface area contributed by atoms with Crippen LogP contribution in [0.15, 0.2) is 29.3 Å². The van der Waals surface area contributed by atoms with E-state index in [1.807, 2.05) is 24.3 Å². The summed E-state index contributed by atoms with van der Waals surface area (Å²) in [5.41, 5.74) is 1.87. The van der Waals surface area contributed by atoms with Crippen LogP contribution in [-0.4, -0.2) is 51.9 Å². The van der Waals surface area contributed by atoms with Crippen LogP contribution in [0.5, 0.6) is 0 Å². The van der Waals surface area contributed by atoms with Crippen molar-refractivity contribution in [3.8, 4) is 0 Å². The van der Waals surface area contributed by atoms with Crippen molar-refractivity contribution in [3.05, 3.63) is 29.8 Å². The first kappa shape index (κ1) is 20.2. The Bertz CT molecular complexity index is 586. The summed E-state index contributed by atoms with van der Waals surface area (Å²) in [6, 6.07) is 7.75. The van der Waals surface area contributed by atoms with Gasteiger partial charge in [-0.2, -0.15) is 0 Å². The van der Waals surface area contributed by atoms with Gasteiger partial charge >= 0.3 is 0 Å². The molecular formula is C19H30N4O3. The van der Waals surface area contributed by atoms with Crippen LogP contribution >= 0.6 is 0 Å². The number of hydrogen-bond donors (Lipinski definition) is 3. The van der Waals surface area contributed by atoms with Crippen LogP contribution in [0.2, 0.25) is 0 Å². The molecule has 0 saturated carbocycles. The number of amides is 1. The molecule has 2 rings (SSSR count). The minimum atomic E-state index is -0.0738. The van der Waals surface area contributed by atoms with E-state index in [1.165, 1.54) is 6.92 Å². The number of carbonyl (C=O) groups excluding carboxylic acids is 1. The fraction of sp³-hybridized carbons (Fsp3) is 0.579. The SMILES string of the molecule is CN=C(NCCCOCC1CCOC1)NCc1cccc(NC(C)=O)c1. The Kier molecular flexibility index (Phi) is 8.92. The van der Waals surface area contributed by atoms with Crippen molar-refractivity contribution in [2.75, 3.05) is 45.3 Å². The van der Waals surface area contributed by atoms with E-state index in [-0.39, 0.29) is 5.91 Å². The van der Waals surface area contributed by atoms with Crippen LogP contribution in [-0.2, 0) is 20.8 Å². The summed E-state index contributed by atoms with van der Waals surface area (Å²) >= 11 is 0. The molecule has 26 heavy (non-hydrogen) atoms. The molecule has 1 aromatic rings. The van der Waals surface area contributed by atoms with E-state index < -0.39 is 0 Å². The Balaban J connectivity index is 1.60. The molecule has 1 aromatic carbocycles. The number of nitrogens with one attached hydrogen (secondary N) is 3. The molecule has 7 heteroatoms. The van der Waals surface area contributed by atoms with Crippen LogP contribution in [0.4, 0.5) is 5.69 Å². The number of rotatable bonds is 9. The molecule has 3 N–H and O–H groups in total. The van der Waals surface area contributed by atoms with Gasteiger partial charge in [-0.3, -0.25) is 9.79 Å². The topological polar surface area (TPSA) is 84.0 Å². The number of guanidine groups is 1. The Morgan fingerprint density at radius 1 is 1.38 bits per heavy atom. The van der Waals surface area contributed by atoms with E-state index in [9.17, 15) is 4.79 Å². The molecule has 1 heterocycles. The molecule has 1 saturated heterocycles. The molecular weight excluding hydrogens is 332 g/mol. The van der Waals surface area contributed by atoms with Crippen LogP contribution < -0.4 is 16.0 Å². The lowest BCUT2D eigenvalue weighted by Gasteiger charge is -2.13. The van der Waals surface area contributed by atoms with Gasteiger partial charge in [0.2, 0.25) is 5.91 Å². The largest absolute Gasteiger partial charge is 0.381 e. The van der Waals surface area contributed by atoms with Gasteiger partial charge in [0.25, 0.3) is 0 Å². The van der Waals surface area contributed by atoms with E-state index in [0.717, 1.165) is 63.0 Å². The first-order valence-corrected chi connectivity index (χ1v) is 9.14. The molecule has 0 aliphatic carbocycles. The summed E-state index contributed by atoms with van der Waals surface area (Å²) in [5.74, 6) is 1.24. The lowest BCUT2D eigenvalue weighted by molar-refractivity contribution is -0.114. The predicted octanol–water partition coefficient (Wildman–Crippen LogP) is 1.75.